The number of alkyl halides is 1. The first-order chi connectivity index (χ1) is 7.15. The number of imide groups is 1. The van der Waals surface area contributed by atoms with Crippen molar-refractivity contribution in [1.29, 1.82) is 0 Å². The van der Waals surface area contributed by atoms with Crippen molar-refractivity contribution in [3.8, 4) is 0 Å². The molecule has 0 radical (unpaired) electrons. The molecule has 84 valence electrons. The zero-order chi connectivity index (χ0) is 11.0. The molecule has 2 amide bonds. The molecule has 2 aliphatic rings. The monoisotopic (exact) mass is 273 g/mol. The van der Waals surface area contributed by atoms with Gasteiger partial charge in [-0.1, -0.05) is 29.3 Å². The van der Waals surface area contributed by atoms with E-state index in [1.54, 1.807) is 0 Å². The number of likely N-dealkylation sites (tertiary alicyclic amines) is 1. The van der Waals surface area contributed by atoms with Gasteiger partial charge in [0, 0.05) is 11.9 Å². The molecule has 15 heavy (non-hydrogen) atoms. The van der Waals surface area contributed by atoms with E-state index in [9.17, 15) is 9.59 Å². The van der Waals surface area contributed by atoms with Crippen molar-refractivity contribution in [3.05, 3.63) is 0 Å². The van der Waals surface area contributed by atoms with Gasteiger partial charge in [-0.2, -0.15) is 0 Å². The lowest BCUT2D eigenvalue weighted by atomic mass is 10.00. The van der Waals surface area contributed by atoms with Gasteiger partial charge in [0.1, 0.15) is 0 Å². The van der Waals surface area contributed by atoms with Crippen LogP contribution in [0.25, 0.3) is 0 Å². The second-order valence-corrected chi connectivity index (χ2v) is 5.34. The van der Waals surface area contributed by atoms with Gasteiger partial charge in [0.25, 0.3) is 0 Å². The quantitative estimate of drug-likeness (QED) is 0.581. The minimum Gasteiger partial charge on any atom is -0.282 e. The van der Waals surface area contributed by atoms with Crippen LogP contribution in [-0.4, -0.2) is 28.6 Å². The molecule has 1 saturated carbocycles. The highest BCUT2D eigenvalue weighted by molar-refractivity contribution is 9.09. The minimum absolute atomic E-state index is 0.0139. The molecule has 4 heteroatoms. The Bertz CT molecular complexity index is 270. The number of hydrogen-bond acceptors (Lipinski definition) is 2. The molecule has 1 saturated heterocycles. The van der Waals surface area contributed by atoms with Gasteiger partial charge in [0.15, 0.2) is 0 Å². The Kier molecular flexibility index (Phi) is 3.14. The topological polar surface area (TPSA) is 37.4 Å². The summed E-state index contributed by atoms with van der Waals surface area (Å²) in [6, 6.07) is 0. The molecular formula is C11H16BrNO2. The van der Waals surface area contributed by atoms with Crippen LogP contribution in [0.1, 0.15) is 26.2 Å². The molecule has 0 bridgehead atoms. The molecule has 3 unspecified atom stereocenters. The number of carbonyl (C=O) groups excluding carboxylic acids is 2. The first-order valence-corrected chi connectivity index (χ1v) is 6.68. The zero-order valence-corrected chi connectivity index (χ0v) is 10.5. The van der Waals surface area contributed by atoms with Crippen LogP contribution in [0.5, 0.6) is 0 Å². The Morgan fingerprint density at radius 3 is 2.33 bits per heavy atom. The van der Waals surface area contributed by atoms with E-state index in [2.05, 4.69) is 15.9 Å². The number of carbonyl (C=O) groups is 2. The molecule has 0 spiro atoms. The number of rotatable bonds is 3. The molecule has 1 aliphatic heterocycles. The zero-order valence-electron chi connectivity index (χ0n) is 8.91. The second-order valence-electron chi connectivity index (χ2n) is 4.69. The van der Waals surface area contributed by atoms with Crippen LogP contribution in [0, 0.1) is 17.8 Å². The van der Waals surface area contributed by atoms with Crippen LogP contribution in [0.2, 0.25) is 0 Å². The van der Waals surface area contributed by atoms with E-state index in [1.807, 2.05) is 6.92 Å². The Balaban J connectivity index is 2.08. The molecule has 2 fully saturated rings. The average molecular weight is 274 g/mol. The third-order valence-electron chi connectivity index (χ3n) is 3.44. The van der Waals surface area contributed by atoms with Crippen LogP contribution in [-0.2, 0) is 9.59 Å². The van der Waals surface area contributed by atoms with Gasteiger partial charge in [-0.25, -0.2) is 0 Å². The maximum absolute atomic E-state index is 11.9. The lowest BCUT2D eigenvalue weighted by Crippen LogP contribution is -2.35. The summed E-state index contributed by atoms with van der Waals surface area (Å²) in [5.74, 6) is 0.530. The van der Waals surface area contributed by atoms with E-state index in [0.717, 1.165) is 24.6 Å². The lowest BCUT2D eigenvalue weighted by molar-refractivity contribution is -0.140. The summed E-state index contributed by atoms with van der Waals surface area (Å²) in [7, 11) is 0. The molecule has 1 heterocycles. The summed E-state index contributed by atoms with van der Waals surface area (Å²) in [4.78, 5) is 25.4. The molecule has 0 aromatic carbocycles. The Morgan fingerprint density at radius 2 is 1.87 bits per heavy atom. The van der Waals surface area contributed by atoms with Crippen molar-refractivity contribution in [1.82, 2.24) is 4.90 Å². The number of halogens is 1. The summed E-state index contributed by atoms with van der Waals surface area (Å²) >= 11 is 3.37. The second kappa shape index (κ2) is 4.24. The van der Waals surface area contributed by atoms with Gasteiger partial charge in [-0.05, 0) is 18.8 Å². The van der Waals surface area contributed by atoms with Crippen LogP contribution in [0.15, 0.2) is 0 Å². The smallest absolute Gasteiger partial charge is 0.233 e. The van der Waals surface area contributed by atoms with Gasteiger partial charge in [0.2, 0.25) is 11.8 Å². The molecule has 0 aromatic rings. The lowest BCUT2D eigenvalue weighted by Gasteiger charge is -2.18. The largest absolute Gasteiger partial charge is 0.282 e. The average Bonchev–Trinajstić information content (AvgIpc) is 2.78. The van der Waals surface area contributed by atoms with E-state index in [4.69, 9.17) is 0 Å². The SMILES string of the molecule is CC(CBr)CN1C(=O)C2CCCC2C1=O. The van der Waals surface area contributed by atoms with Crippen molar-refractivity contribution in [2.75, 3.05) is 11.9 Å². The molecule has 1 aliphatic carbocycles. The van der Waals surface area contributed by atoms with Crippen molar-refractivity contribution in [2.45, 2.75) is 26.2 Å². The standard InChI is InChI=1S/C11H16BrNO2/c1-7(5-12)6-13-10(14)8-3-2-4-9(8)11(13)15/h7-9H,2-6H2,1H3. The number of hydrogen-bond donors (Lipinski definition) is 0. The van der Waals surface area contributed by atoms with Crippen molar-refractivity contribution in [2.24, 2.45) is 17.8 Å². The van der Waals surface area contributed by atoms with Crippen molar-refractivity contribution < 1.29 is 9.59 Å². The summed E-state index contributed by atoms with van der Waals surface area (Å²) in [5, 5.41) is 0.833. The first kappa shape index (κ1) is 11.1. The number of amides is 2. The van der Waals surface area contributed by atoms with Gasteiger partial charge in [0.05, 0.1) is 11.8 Å². The third kappa shape index (κ3) is 1.84. The fraction of sp³-hybridized carbons (Fsp3) is 0.818. The Hall–Kier alpha value is -0.380. The molecule has 0 N–H and O–H groups in total. The van der Waals surface area contributed by atoms with Crippen molar-refractivity contribution >= 4 is 27.7 Å². The highest BCUT2D eigenvalue weighted by atomic mass is 79.9. The van der Waals surface area contributed by atoms with Crippen LogP contribution in [0.4, 0.5) is 0 Å². The molecule has 3 nitrogen and oxygen atoms in total. The van der Waals surface area contributed by atoms with Crippen LogP contribution in [0.3, 0.4) is 0 Å². The summed E-state index contributed by atoms with van der Waals surface area (Å²) in [6.07, 6.45) is 2.86. The van der Waals surface area contributed by atoms with E-state index in [1.165, 1.54) is 4.90 Å². The summed E-state index contributed by atoms with van der Waals surface area (Å²) in [5.41, 5.74) is 0. The Labute approximate surface area is 98.3 Å². The predicted molar refractivity (Wildman–Crippen MR) is 60.5 cm³/mol. The highest BCUT2D eigenvalue weighted by Gasteiger charge is 2.49. The van der Waals surface area contributed by atoms with E-state index < -0.39 is 0 Å². The summed E-state index contributed by atoms with van der Waals surface area (Å²) < 4.78 is 0. The highest BCUT2D eigenvalue weighted by Crippen LogP contribution is 2.39. The first-order valence-electron chi connectivity index (χ1n) is 5.56. The van der Waals surface area contributed by atoms with Crippen LogP contribution >= 0.6 is 15.9 Å². The fourth-order valence-corrected chi connectivity index (χ4v) is 2.81. The van der Waals surface area contributed by atoms with E-state index in [-0.39, 0.29) is 23.7 Å². The molecule has 0 aromatic heterocycles. The van der Waals surface area contributed by atoms with Gasteiger partial charge in [-0.15, -0.1) is 0 Å². The van der Waals surface area contributed by atoms with Gasteiger partial charge >= 0.3 is 0 Å². The fourth-order valence-electron chi connectivity index (χ4n) is 2.60. The predicted octanol–water partition coefficient (Wildman–Crippen LogP) is 1.80. The van der Waals surface area contributed by atoms with Crippen molar-refractivity contribution in [3.63, 3.8) is 0 Å². The molecular weight excluding hydrogens is 258 g/mol. The van der Waals surface area contributed by atoms with E-state index >= 15 is 0 Å². The minimum atomic E-state index is 0.0139. The normalized spacial score (nSPS) is 32.3. The third-order valence-corrected chi connectivity index (χ3v) is 4.55. The maximum Gasteiger partial charge on any atom is 0.233 e. The van der Waals surface area contributed by atoms with Gasteiger partial charge < -0.3 is 0 Å². The van der Waals surface area contributed by atoms with Gasteiger partial charge in [-0.3, -0.25) is 14.5 Å². The van der Waals surface area contributed by atoms with Crippen LogP contribution < -0.4 is 0 Å². The maximum atomic E-state index is 11.9. The molecule has 3 atom stereocenters. The molecule has 2 rings (SSSR count). The number of fused-ring (bicyclic) bond motifs is 1. The summed E-state index contributed by atoms with van der Waals surface area (Å²) in [6.45, 7) is 2.62. The van der Waals surface area contributed by atoms with E-state index in [0.29, 0.717) is 12.5 Å². The number of nitrogens with zero attached hydrogens (tertiary/aromatic N) is 1. The Morgan fingerprint density at radius 1 is 1.33 bits per heavy atom.